The van der Waals surface area contributed by atoms with Crippen LogP contribution in [0.1, 0.15) is 184 Å². The summed E-state index contributed by atoms with van der Waals surface area (Å²) in [5.74, 6) is -0.0496. The van der Waals surface area contributed by atoms with Crippen molar-refractivity contribution in [3.8, 4) is 40.2 Å². The van der Waals surface area contributed by atoms with Crippen molar-refractivity contribution in [2.24, 2.45) is 0 Å². The predicted octanol–water partition coefficient (Wildman–Crippen LogP) is 22.1. The molecule has 0 amide bonds. The van der Waals surface area contributed by atoms with Gasteiger partial charge < -0.3 is 35.7 Å². The summed E-state index contributed by atoms with van der Waals surface area (Å²) in [6.45, 7) is 44.4. The van der Waals surface area contributed by atoms with Gasteiger partial charge in [-0.1, -0.05) is 228 Å². The van der Waals surface area contributed by atoms with Crippen LogP contribution >= 0.6 is 82.3 Å². The number of phenolic OH excluding ortho intramolecular Hbond substituents is 7. The van der Waals surface area contributed by atoms with Crippen LogP contribution in [0.3, 0.4) is 0 Å². The summed E-state index contributed by atoms with van der Waals surface area (Å²) in [4.78, 5) is 7.23. The van der Waals surface area contributed by atoms with Gasteiger partial charge in [-0.05, 0) is 162 Å². The molecule has 448 valence electrons. The van der Waals surface area contributed by atoms with E-state index in [1.807, 2.05) is 84.9 Å². The molecular weight excluding hydrogens is 1180 g/mol. The van der Waals surface area contributed by atoms with Gasteiger partial charge in [0.2, 0.25) is 0 Å². The number of hydrogen-bond donors (Lipinski definition) is 7. The zero-order valence-electron chi connectivity index (χ0n) is 52.6. The maximum absolute atomic E-state index is 12.6. The second kappa shape index (κ2) is 23.3. The van der Waals surface area contributed by atoms with E-state index >= 15 is 0 Å². The lowest BCUT2D eigenvalue weighted by Crippen LogP contribution is -2.12. The maximum Gasteiger partial charge on any atom is 0.143 e. The van der Waals surface area contributed by atoms with Crippen LogP contribution in [-0.4, -0.2) is 35.7 Å². The van der Waals surface area contributed by atoms with E-state index < -0.39 is 0 Å². The topological polar surface area (TPSA) is 142 Å². The monoisotopic (exact) mass is 1260 g/mol. The molecule has 1 heterocycles. The first kappa shape index (κ1) is 65.6. The van der Waals surface area contributed by atoms with Crippen molar-refractivity contribution in [3.63, 3.8) is 0 Å². The van der Waals surface area contributed by atoms with E-state index in [9.17, 15) is 35.7 Å². The molecule has 0 spiro atoms. The van der Waals surface area contributed by atoms with Crippen LogP contribution in [0.15, 0.2) is 153 Å². The number of benzene rings is 7. The first-order valence-corrected chi connectivity index (χ1v) is 34.0. The fourth-order valence-electron chi connectivity index (χ4n) is 9.03. The Bertz CT molecular complexity index is 2880. The van der Waals surface area contributed by atoms with Crippen LogP contribution in [0, 0.1) is 0 Å². The Morgan fingerprint density at radius 2 is 0.238 bits per heavy atom. The molecule has 1 aliphatic rings. The number of fused-ring (bicyclic) bond motifs is 14. The van der Waals surface area contributed by atoms with Gasteiger partial charge >= 0.3 is 0 Å². The van der Waals surface area contributed by atoms with Crippen LogP contribution in [0.2, 0.25) is 0 Å². The molecule has 0 unspecified atom stereocenters. The Balaban J connectivity index is 1.46. The van der Waals surface area contributed by atoms with Gasteiger partial charge in [0.05, 0.1) is 68.5 Å². The van der Waals surface area contributed by atoms with Crippen LogP contribution in [0.25, 0.3) is 0 Å². The largest absolute Gasteiger partial charge is 0.506 e. The fourth-order valence-corrected chi connectivity index (χ4v) is 16.6. The zero-order chi connectivity index (χ0) is 62.5. The lowest BCUT2D eigenvalue weighted by Gasteiger charge is -2.26. The van der Waals surface area contributed by atoms with Gasteiger partial charge in [-0.25, -0.2) is 0 Å². The molecule has 7 nitrogen and oxygen atoms in total. The molecule has 14 bridgehead atoms. The van der Waals surface area contributed by atoms with E-state index in [1.165, 1.54) is 82.3 Å². The highest BCUT2D eigenvalue weighted by Crippen LogP contribution is 2.58. The second-order valence-electron chi connectivity index (χ2n) is 29.2. The normalized spacial score (nSPS) is 14.2. The van der Waals surface area contributed by atoms with E-state index in [2.05, 4.69) is 145 Å². The number of phenols is 7. The average molecular weight is 1260 g/mol. The molecule has 0 fully saturated rings. The standard InChI is InChI=1S/C70H84O7S7/c1-64(2,3)36-22-43-57(71)44(23-36)79-46-25-38(66(7,8)9)27-48(59(46)73)81-50-29-40(68(13,14)15)31-52(61(50)75)83-54-33-42(70(19,20)21)35-56(63(54)77)84-55-34-41(69(16,17)18)32-53(62(55)76)82-51-30-39(67(10,11)12)28-49(60(51)74)80-47-26-37(65(4,5)6)24-45(78-43)58(47)72/h22-35,71-77H,1-21H3. The number of rotatable bonds is 0. The first-order valence-electron chi connectivity index (χ1n) is 28.3. The Kier molecular flexibility index (Phi) is 18.2. The summed E-state index contributed by atoms with van der Waals surface area (Å²) < 4.78 is 0. The van der Waals surface area contributed by atoms with E-state index in [1.54, 1.807) is 0 Å². The van der Waals surface area contributed by atoms with Crippen molar-refractivity contribution in [3.05, 3.63) is 124 Å². The summed E-state index contributed by atoms with van der Waals surface area (Å²) in [5, 5.41) is 88.2. The third-order valence-corrected chi connectivity index (χ3v) is 22.3. The minimum Gasteiger partial charge on any atom is -0.506 e. The van der Waals surface area contributed by atoms with Gasteiger partial charge in [0.25, 0.3) is 0 Å². The summed E-state index contributed by atoms with van der Waals surface area (Å²) in [6.07, 6.45) is 0. The van der Waals surface area contributed by atoms with Crippen molar-refractivity contribution in [1.29, 1.82) is 0 Å². The van der Waals surface area contributed by atoms with Crippen molar-refractivity contribution < 1.29 is 35.7 Å². The number of aromatic hydroxyl groups is 7. The fraction of sp³-hybridized carbons (Fsp3) is 0.400. The van der Waals surface area contributed by atoms with Gasteiger partial charge in [-0.15, -0.1) is 0 Å². The summed E-state index contributed by atoms with van der Waals surface area (Å²) in [6, 6.07) is 27.6. The van der Waals surface area contributed by atoms with Gasteiger partial charge in [0, 0.05) is 0 Å². The maximum atomic E-state index is 12.6. The van der Waals surface area contributed by atoms with Crippen molar-refractivity contribution in [2.45, 2.75) is 252 Å². The lowest BCUT2D eigenvalue weighted by molar-refractivity contribution is 0.442. The summed E-state index contributed by atoms with van der Waals surface area (Å²) >= 11 is 8.88. The SMILES string of the molecule is CC(C)(C)c1cc2c(O)c(c1)Sc1cc(C(C)(C)C)cc(c1O)Sc1cc(C(C)(C)C)cc(c1O)Sc1cc(C(C)(C)C)cc(c1O)Sc1cc(C(C)(C)C)cc(c1O)Sc1cc(C(C)(C)C)cc(c1O)Sc1cc(C(C)(C)C)cc(c1O)S2. The second-order valence-corrected chi connectivity index (χ2v) is 36.8. The van der Waals surface area contributed by atoms with Crippen LogP contribution in [-0.2, 0) is 37.9 Å². The molecule has 8 rings (SSSR count). The van der Waals surface area contributed by atoms with Gasteiger partial charge in [0.15, 0.2) is 0 Å². The molecule has 7 N–H and O–H groups in total. The third-order valence-electron chi connectivity index (χ3n) is 14.9. The molecule has 7 aromatic rings. The molecule has 0 aromatic heterocycles. The zero-order valence-corrected chi connectivity index (χ0v) is 58.3. The highest BCUT2D eigenvalue weighted by atomic mass is 32.2. The quantitative estimate of drug-likeness (QED) is 0.0774. The average Bonchev–Trinajstić information content (AvgIpc) is 2.09. The molecule has 84 heavy (non-hydrogen) atoms. The highest BCUT2D eigenvalue weighted by Gasteiger charge is 2.31. The van der Waals surface area contributed by atoms with Crippen LogP contribution in [0.5, 0.6) is 40.2 Å². The summed E-state index contributed by atoms with van der Waals surface area (Å²) in [7, 11) is 0. The first-order chi connectivity index (χ1) is 38.4. The Morgan fingerprint density at radius 3 is 0.298 bits per heavy atom. The van der Waals surface area contributed by atoms with Gasteiger partial charge in [-0.2, -0.15) is 0 Å². The van der Waals surface area contributed by atoms with Crippen LogP contribution < -0.4 is 0 Å². The Morgan fingerprint density at radius 1 is 0.167 bits per heavy atom. The van der Waals surface area contributed by atoms with E-state index in [-0.39, 0.29) is 78.2 Å². The highest BCUT2D eigenvalue weighted by molar-refractivity contribution is 8.02. The molecule has 0 saturated heterocycles. The lowest BCUT2D eigenvalue weighted by atomic mass is 9.87. The van der Waals surface area contributed by atoms with E-state index in [0.717, 1.165) is 38.9 Å². The molecule has 0 radical (unpaired) electrons. The third kappa shape index (κ3) is 14.4. The molecular formula is C70H84O7S7. The van der Waals surface area contributed by atoms with Crippen molar-refractivity contribution in [2.75, 3.05) is 0 Å². The molecule has 0 atom stereocenters. The molecule has 7 aromatic carbocycles. The molecule has 1 aliphatic heterocycles. The summed E-state index contributed by atoms with van der Waals surface area (Å²) in [5.41, 5.74) is 3.91. The minimum absolute atomic E-state index is 0.00709. The number of hydrogen-bond acceptors (Lipinski definition) is 14. The molecule has 0 aliphatic carbocycles. The smallest absolute Gasteiger partial charge is 0.143 e. The van der Waals surface area contributed by atoms with Crippen LogP contribution in [0.4, 0.5) is 0 Å². The minimum atomic E-state index is -0.377. The Labute approximate surface area is 529 Å². The predicted molar refractivity (Wildman–Crippen MR) is 357 cm³/mol. The van der Waals surface area contributed by atoms with Gasteiger partial charge in [-0.3, -0.25) is 0 Å². The van der Waals surface area contributed by atoms with Crippen molar-refractivity contribution in [1.82, 2.24) is 0 Å². The van der Waals surface area contributed by atoms with E-state index in [0.29, 0.717) is 68.5 Å². The Hall–Kier alpha value is -4.41. The van der Waals surface area contributed by atoms with Crippen molar-refractivity contribution >= 4 is 82.3 Å². The molecule has 0 saturated carbocycles. The molecule has 14 heteroatoms. The van der Waals surface area contributed by atoms with E-state index in [4.69, 9.17) is 0 Å². The van der Waals surface area contributed by atoms with Gasteiger partial charge in [0.1, 0.15) is 40.2 Å².